The number of ether oxygens (including phenoxy) is 2. The van der Waals surface area contributed by atoms with Gasteiger partial charge in [0, 0.05) is 33.9 Å². The van der Waals surface area contributed by atoms with Crippen molar-refractivity contribution in [1.29, 1.82) is 0 Å². The van der Waals surface area contributed by atoms with Crippen LogP contribution in [0.1, 0.15) is 12.8 Å². The van der Waals surface area contributed by atoms with Crippen LogP contribution in [-0.4, -0.2) is 71.6 Å². The molecule has 0 aromatic carbocycles. The molecule has 0 aliphatic carbocycles. The number of piperidine rings is 1. The second kappa shape index (κ2) is 8.06. The Morgan fingerprint density at radius 2 is 1.83 bits per heavy atom. The molecule has 0 amide bonds. The largest absolute Gasteiger partial charge is 0.383 e. The van der Waals surface area contributed by atoms with Gasteiger partial charge in [0.2, 0.25) is 10.0 Å². The molecule has 0 aromatic rings. The van der Waals surface area contributed by atoms with Crippen molar-refractivity contribution in [3.05, 3.63) is 0 Å². The maximum Gasteiger partial charge on any atom is 0.218 e. The van der Waals surface area contributed by atoms with Crippen LogP contribution in [0.15, 0.2) is 0 Å². The van der Waals surface area contributed by atoms with Crippen molar-refractivity contribution in [2.75, 3.05) is 53.6 Å². The third kappa shape index (κ3) is 4.47. The van der Waals surface area contributed by atoms with E-state index in [1.165, 1.54) is 4.31 Å². The monoisotopic (exact) mass is 280 g/mol. The van der Waals surface area contributed by atoms with Crippen LogP contribution in [0, 0.1) is 0 Å². The van der Waals surface area contributed by atoms with Crippen LogP contribution < -0.4 is 5.32 Å². The molecule has 0 radical (unpaired) electrons. The van der Waals surface area contributed by atoms with Gasteiger partial charge in [0.05, 0.1) is 18.5 Å². The topological polar surface area (TPSA) is 67.9 Å². The maximum absolute atomic E-state index is 12.5. The minimum Gasteiger partial charge on any atom is -0.383 e. The molecule has 0 aromatic heterocycles. The molecule has 1 fully saturated rings. The van der Waals surface area contributed by atoms with E-state index in [9.17, 15) is 8.42 Å². The number of nitrogens with zero attached hydrogens (tertiary/aromatic N) is 1. The third-order valence-electron chi connectivity index (χ3n) is 3.12. The lowest BCUT2D eigenvalue weighted by Crippen LogP contribution is -2.48. The summed E-state index contributed by atoms with van der Waals surface area (Å²) in [6.07, 6.45) is 1.64. The Bertz CT molecular complexity index is 307. The van der Waals surface area contributed by atoms with E-state index >= 15 is 0 Å². The molecule has 1 atom stereocenters. The smallest absolute Gasteiger partial charge is 0.218 e. The Morgan fingerprint density at radius 1 is 1.22 bits per heavy atom. The van der Waals surface area contributed by atoms with Gasteiger partial charge in [-0.3, -0.25) is 0 Å². The second-order valence-corrected chi connectivity index (χ2v) is 6.61. The summed E-state index contributed by atoms with van der Waals surface area (Å²) in [5.41, 5.74) is 0. The van der Waals surface area contributed by atoms with E-state index in [0.29, 0.717) is 32.8 Å². The van der Waals surface area contributed by atoms with Gasteiger partial charge in [0.1, 0.15) is 0 Å². The molecule has 7 heteroatoms. The molecule has 1 N–H and O–H groups in total. The highest BCUT2D eigenvalue weighted by Crippen LogP contribution is 2.16. The van der Waals surface area contributed by atoms with E-state index < -0.39 is 10.0 Å². The predicted octanol–water partition coefficient (Wildman–Crippen LogP) is -0.337. The average molecular weight is 280 g/mol. The van der Waals surface area contributed by atoms with Gasteiger partial charge in [-0.05, 0) is 19.4 Å². The lowest BCUT2D eigenvalue weighted by atomic mass is 10.2. The Hall–Kier alpha value is -0.210. The molecule has 1 aliphatic rings. The van der Waals surface area contributed by atoms with Gasteiger partial charge in [-0.25, -0.2) is 8.42 Å². The minimum absolute atomic E-state index is 0.319. The molecular formula is C11H24N2O4S. The Morgan fingerprint density at radius 3 is 2.28 bits per heavy atom. The standard InChI is InChI=1S/C11H24N2O4S/c1-16-8-6-13(7-9-17-2)18(14,15)11-4-3-5-12-10-11/h11-12H,3-10H2,1-2H3. The van der Waals surface area contributed by atoms with Gasteiger partial charge in [0.25, 0.3) is 0 Å². The van der Waals surface area contributed by atoms with Gasteiger partial charge in [0.15, 0.2) is 0 Å². The van der Waals surface area contributed by atoms with E-state index in [-0.39, 0.29) is 5.25 Å². The summed E-state index contributed by atoms with van der Waals surface area (Å²) < 4.78 is 36.4. The zero-order chi connectivity index (χ0) is 13.4. The molecule has 0 spiro atoms. The van der Waals surface area contributed by atoms with Crippen LogP contribution in [0.3, 0.4) is 0 Å². The molecular weight excluding hydrogens is 256 g/mol. The van der Waals surface area contributed by atoms with E-state index in [0.717, 1.165) is 19.4 Å². The average Bonchev–Trinajstić information content (AvgIpc) is 2.39. The third-order valence-corrected chi connectivity index (χ3v) is 5.45. The van der Waals surface area contributed by atoms with Crippen LogP contribution in [0.5, 0.6) is 0 Å². The Kier molecular flexibility index (Phi) is 7.10. The molecule has 0 saturated carbocycles. The fourth-order valence-corrected chi connectivity index (χ4v) is 3.91. The highest BCUT2D eigenvalue weighted by Gasteiger charge is 2.32. The van der Waals surface area contributed by atoms with Gasteiger partial charge in [-0.2, -0.15) is 4.31 Å². The SMILES string of the molecule is COCCN(CCOC)S(=O)(=O)C1CCCNC1. The first-order valence-electron chi connectivity index (χ1n) is 6.30. The number of nitrogens with one attached hydrogen (secondary N) is 1. The quantitative estimate of drug-likeness (QED) is 0.659. The maximum atomic E-state index is 12.5. The lowest BCUT2D eigenvalue weighted by Gasteiger charge is -2.29. The predicted molar refractivity (Wildman–Crippen MR) is 70.1 cm³/mol. The number of rotatable bonds is 8. The van der Waals surface area contributed by atoms with Crippen molar-refractivity contribution >= 4 is 10.0 Å². The van der Waals surface area contributed by atoms with Crippen molar-refractivity contribution in [2.45, 2.75) is 18.1 Å². The summed E-state index contributed by atoms with van der Waals surface area (Å²) in [6, 6.07) is 0. The first-order chi connectivity index (χ1) is 8.62. The first-order valence-corrected chi connectivity index (χ1v) is 7.80. The molecule has 1 aliphatic heterocycles. The fourth-order valence-electron chi connectivity index (χ4n) is 2.04. The van der Waals surface area contributed by atoms with Crippen LogP contribution in [0.25, 0.3) is 0 Å². The van der Waals surface area contributed by atoms with Gasteiger partial charge in [-0.1, -0.05) is 0 Å². The van der Waals surface area contributed by atoms with E-state index in [4.69, 9.17) is 9.47 Å². The van der Waals surface area contributed by atoms with Crippen LogP contribution in [0.2, 0.25) is 0 Å². The summed E-state index contributed by atoms with van der Waals surface area (Å²) >= 11 is 0. The molecule has 108 valence electrons. The van der Waals surface area contributed by atoms with Crippen molar-refractivity contribution in [3.63, 3.8) is 0 Å². The van der Waals surface area contributed by atoms with Crippen LogP contribution >= 0.6 is 0 Å². The normalized spacial score (nSPS) is 21.4. The van der Waals surface area contributed by atoms with E-state index in [1.807, 2.05) is 0 Å². The number of hydrogen-bond acceptors (Lipinski definition) is 5. The van der Waals surface area contributed by atoms with Crippen molar-refractivity contribution in [1.82, 2.24) is 9.62 Å². The summed E-state index contributed by atoms with van der Waals surface area (Å²) in [6.45, 7) is 3.03. The van der Waals surface area contributed by atoms with Gasteiger partial charge in [-0.15, -0.1) is 0 Å². The molecule has 1 rings (SSSR count). The fraction of sp³-hybridized carbons (Fsp3) is 1.00. The number of methoxy groups -OCH3 is 2. The Balaban J connectivity index is 2.66. The highest BCUT2D eigenvalue weighted by atomic mass is 32.2. The lowest BCUT2D eigenvalue weighted by molar-refractivity contribution is 0.149. The second-order valence-electron chi connectivity index (χ2n) is 4.40. The zero-order valence-electron chi connectivity index (χ0n) is 11.2. The summed E-state index contributed by atoms with van der Waals surface area (Å²) in [7, 11) is -0.112. The first kappa shape index (κ1) is 15.8. The molecule has 1 unspecified atom stereocenters. The molecule has 1 saturated heterocycles. The Labute approximate surface area is 110 Å². The molecule has 1 heterocycles. The van der Waals surface area contributed by atoms with Crippen molar-refractivity contribution < 1.29 is 17.9 Å². The molecule has 6 nitrogen and oxygen atoms in total. The zero-order valence-corrected chi connectivity index (χ0v) is 12.0. The van der Waals surface area contributed by atoms with Gasteiger partial charge >= 0.3 is 0 Å². The van der Waals surface area contributed by atoms with E-state index in [1.54, 1.807) is 14.2 Å². The van der Waals surface area contributed by atoms with Crippen molar-refractivity contribution in [2.24, 2.45) is 0 Å². The van der Waals surface area contributed by atoms with Crippen LogP contribution in [-0.2, 0) is 19.5 Å². The van der Waals surface area contributed by atoms with Crippen molar-refractivity contribution in [3.8, 4) is 0 Å². The van der Waals surface area contributed by atoms with E-state index in [2.05, 4.69) is 5.32 Å². The van der Waals surface area contributed by atoms with Gasteiger partial charge < -0.3 is 14.8 Å². The summed E-state index contributed by atoms with van der Waals surface area (Å²) in [4.78, 5) is 0. The summed E-state index contributed by atoms with van der Waals surface area (Å²) in [5, 5.41) is 2.82. The summed E-state index contributed by atoms with van der Waals surface area (Å²) in [5.74, 6) is 0. The van der Waals surface area contributed by atoms with Crippen LogP contribution in [0.4, 0.5) is 0 Å². The highest BCUT2D eigenvalue weighted by molar-refractivity contribution is 7.89. The minimum atomic E-state index is -3.26. The molecule has 18 heavy (non-hydrogen) atoms. The molecule has 0 bridgehead atoms. The number of sulfonamides is 1. The number of hydrogen-bond donors (Lipinski definition) is 1.